The standard InChI is InChI=1S/C17H21FN6O3/c1-9(3-6-13(25)24-20)15(27)21-10-4-5-12(18)11(7-10)17(2)8-14(26)22-16(19)23-17/h4-5,7H,1,3,6,8,20H2,2H3,(H,21,27)(H,24,25)(H3,19,22,23,26). The Kier molecular flexibility index (Phi) is 5.91. The number of guanidine groups is 1. The highest BCUT2D eigenvalue weighted by Crippen LogP contribution is 2.34. The molecule has 144 valence electrons. The first-order valence-corrected chi connectivity index (χ1v) is 8.08. The number of halogens is 1. The van der Waals surface area contributed by atoms with Gasteiger partial charge in [0.1, 0.15) is 5.82 Å². The minimum Gasteiger partial charge on any atom is -0.370 e. The molecule has 1 unspecified atom stereocenters. The van der Waals surface area contributed by atoms with Gasteiger partial charge in [-0.2, -0.15) is 0 Å². The third-order valence-corrected chi connectivity index (χ3v) is 4.08. The molecule has 2 rings (SSSR count). The van der Waals surface area contributed by atoms with Crippen LogP contribution >= 0.6 is 0 Å². The number of amides is 3. The number of nitrogens with one attached hydrogen (secondary N) is 3. The van der Waals surface area contributed by atoms with Crippen LogP contribution in [0.1, 0.15) is 31.7 Å². The summed E-state index contributed by atoms with van der Waals surface area (Å²) in [5.74, 6) is 2.96. The Labute approximate surface area is 155 Å². The van der Waals surface area contributed by atoms with Gasteiger partial charge in [0.25, 0.3) is 5.91 Å². The van der Waals surface area contributed by atoms with Crippen LogP contribution in [0.3, 0.4) is 0 Å². The summed E-state index contributed by atoms with van der Waals surface area (Å²) < 4.78 is 14.4. The lowest BCUT2D eigenvalue weighted by molar-refractivity contribution is -0.122. The number of hydrazine groups is 1. The fourth-order valence-corrected chi connectivity index (χ4v) is 2.67. The fourth-order valence-electron chi connectivity index (χ4n) is 2.67. The van der Waals surface area contributed by atoms with Crippen LogP contribution < -0.4 is 27.6 Å². The van der Waals surface area contributed by atoms with Crippen molar-refractivity contribution >= 4 is 29.4 Å². The van der Waals surface area contributed by atoms with E-state index in [0.717, 1.165) is 0 Å². The minimum atomic E-state index is -1.20. The Morgan fingerprint density at radius 2 is 2.11 bits per heavy atom. The van der Waals surface area contributed by atoms with E-state index >= 15 is 0 Å². The van der Waals surface area contributed by atoms with Gasteiger partial charge in [-0.1, -0.05) is 6.58 Å². The summed E-state index contributed by atoms with van der Waals surface area (Å²) in [6.45, 7) is 5.20. The molecule has 10 heteroatoms. The van der Waals surface area contributed by atoms with Crippen LogP contribution in [0.4, 0.5) is 10.1 Å². The van der Waals surface area contributed by atoms with E-state index in [0.29, 0.717) is 5.69 Å². The number of nitrogens with two attached hydrogens (primary N) is 2. The van der Waals surface area contributed by atoms with Crippen LogP contribution in [0.15, 0.2) is 35.3 Å². The van der Waals surface area contributed by atoms with E-state index < -0.39 is 23.2 Å². The summed E-state index contributed by atoms with van der Waals surface area (Å²) in [6, 6.07) is 3.93. The topological polar surface area (TPSA) is 152 Å². The van der Waals surface area contributed by atoms with Crippen LogP contribution in [-0.4, -0.2) is 23.7 Å². The predicted molar refractivity (Wildman–Crippen MR) is 97.5 cm³/mol. The number of hydrogen-bond acceptors (Lipinski definition) is 6. The highest BCUT2D eigenvalue weighted by atomic mass is 19.1. The maximum atomic E-state index is 14.4. The second-order valence-corrected chi connectivity index (χ2v) is 6.32. The third kappa shape index (κ3) is 4.88. The second kappa shape index (κ2) is 7.96. The number of aliphatic imine (C=N–C) groups is 1. The van der Waals surface area contributed by atoms with Crippen LogP contribution in [0.2, 0.25) is 0 Å². The lowest BCUT2D eigenvalue weighted by Crippen LogP contribution is -2.46. The van der Waals surface area contributed by atoms with E-state index in [-0.39, 0.29) is 42.3 Å². The molecule has 9 nitrogen and oxygen atoms in total. The molecule has 0 saturated heterocycles. The molecule has 0 saturated carbocycles. The van der Waals surface area contributed by atoms with Crippen molar-refractivity contribution in [1.29, 1.82) is 0 Å². The molecule has 1 aromatic rings. The predicted octanol–water partition coefficient (Wildman–Crippen LogP) is 0.140. The molecular formula is C17H21FN6O3. The molecular weight excluding hydrogens is 355 g/mol. The van der Waals surface area contributed by atoms with Crippen molar-refractivity contribution in [3.05, 3.63) is 41.7 Å². The summed E-state index contributed by atoms with van der Waals surface area (Å²) in [4.78, 5) is 39.2. The Bertz CT molecular complexity index is 838. The Morgan fingerprint density at radius 3 is 2.74 bits per heavy atom. The van der Waals surface area contributed by atoms with Crippen LogP contribution in [0.5, 0.6) is 0 Å². The van der Waals surface area contributed by atoms with Gasteiger partial charge in [-0.15, -0.1) is 0 Å². The van der Waals surface area contributed by atoms with Crippen molar-refractivity contribution in [2.45, 2.75) is 31.7 Å². The highest BCUT2D eigenvalue weighted by Gasteiger charge is 2.35. The van der Waals surface area contributed by atoms with Crippen LogP contribution in [0, 0.1) is 5.82 Å². The quantitative estimate of drug-likeness (QED) is 0.207. The van der Waals surface area contributed by atoms with Crippen molar-refractivity contribution in [3.63, 3.8) is 0 Å². The molecule has 1 aliphatic heterocycles. The first-order chi connectivity index (χ1) is 12.6. The Balaban J connectivity index is 2.19. The maximum absolute atomic E-state index is 14.4. The average Bonchev–Trinajstić information content (AvgIpc) is 2.59. The van der Waals surface area contributed by atoms with Gasteiger partial charge in [-0.3, -0.25) is 25.1 Å². The summed E-state index contributed by atoms with van der Waals surface area (Å²) in [6.07, 6.45) is 0.0309. The van der Waals surface area contributed by atoms with Gasteiger partial charge in [-0.25, -0.2) is 15.2 Å². The lowest BCUT2D eigenvalue weighted by atomic mass is 9.87. The van der Waals surface area contributed by atoms with Crippen molar-refractivity contribution in [1.82, 2.24) is 10.7 Å². The minimum absolute atomic E-state index is 0.0125. The lowest BCUT2D eigenvalue weighted by Gasteiger charge is -2.30. The summed E-state index contributed by atoms with van der Waals surface area (Å²) in [5, 5.41) is 4.94. The van der Waals surface area contributed by atoms with E-state index in [1.54, 1.807) is 6.92 Å². The molecule has 0 aliphatic carbocycles. The van der Waals surface area contributed by atoms with Gasteiger partial charge in [0.15, 0.2) is 5.96 Å². The van der Waals surface area contributed by atoms with Gasteiger partial charge in [0.05, 0.1) is 12.0 Å². The second-order valence-electron chi connectivity index (χ2n) is 6.32. The molecule has 7 N–H and O–H groups in total. The van der Waals surface area contributed by atoms with Gasteiger partial charge in [-0.05, 0) is 31.5 Å². The molecule has 0 bridgehead atoms. The number of benzene rings is 1. The summed E-state index contributed by atoms with van der Waals surface area (Å²) >= 11 is 0. The van der Waals surface area contributed by atoms with Crippen LogP contribution in [-0.2, 0) is 19.9 Å². The van der Waals surface area contributed by atoms with E-state index in [1.165, 1.54) is 18.2 Å². The largest absolute Gasteiger partial charge is 0.370 e. The number of carbonyl (C=O) groups excluding carboxylic acids is 3. The van der Waals surface area contributed by atoms with E-state index in [9.17, 15) is 18.8 Å². The molecule has 0 fully saturated rings. The molecule has 3 amide bonds. The molecule has 1 atom stereocenters. The van der Waals surface area contributed by atoms with Crippen LogP contribution in [0.25, 0.3) is 0 Å². The zero-order valence-electron chi connectivity index (χ0n) is 14.8. The van der Waals surface area contributed by atoms with Gasteiger partial charge in [0, 0.05) is 23.2 Å². The molecule has 1 aromatic carbocycles. The maximum Gasteiger partial charge on any atom is 0.250 e. The Morgan fingerprint density at radius 1 is 1.41 bits per heavy atom. The van der Waals surface area contributed by atoms with Gasteiger partial charge < -0.3 is 11.1 Å². The molecule has 1 aliphatic rings. The van der Waals surface area contributed by atoms with Crippen molar-refractivity contribution in [3.8, 4) is 0 Å². The number of anilines is 1. The first kappa shape index (κ1) is 20.0. The normalized spacial score (nSPS) is 18.9. The molecule has 0 radical (unpaired) electrons. The zero-order chi connectivity index (χ0) is 20.2. The fraction of sp³-hybridized carbons (Fsp3) is 0.294. The van der Waals surface area contributed by atoms with Crippen molar-refractivity contribution in [2.75, 3.05) is 5.32 Å². The number of hydrogen-bond donors (Lipinski definition) is 5. The number of rotatable bonds is 6. The first-order valence-electron chi connectivity index (χ1n) is 8.08. The molecule has 1 heterocycles. The van der Waals surface area contributed by atoms with Crippen molar-refractivity contribution in [2.24, 2.45) is 16.6 Å². The van der Waals surface area contributed by atoms with Gasteiger partial charge in [0.2, 0.25) is 11.8 Å². The average molecular weight is 376 g/mol. The molecule has 0 aromatic heterocycles. The zero-order valence-corrected chi connectivity index (χ0v) is 14.8. The van der Waals surface area contributed by atoms with Gasteiger partial charge >= 0.3 is 0 Å². The number of carbonyl (C=O) groups is 3. The summed E-state index contributed by atoms with van der Waals surface area (Å²) in [5.41, 5.74) is 6.92. The van der Waals surface area contributed by atoms with Crippen molar-refractivity contribution < 1.29 is 18.8 Å². The smallest absolute Gasteiger partial charge is 0.250 e. The monoisotopic (exact) mass is 376 g/mol. The van der Waals surface area contributed by atoms with E-state index in [2.05, 4.69) is 22.2 Å². The number of nitrogens with zero attached hydrogens (tertiary/aromatic N) is 1. The molecule has 27 heavy (non-hydrogen) atoms. The third-order valence-electron chi connectivity index (χ3n) is 4.08. The SMILES string of the molecule is C=C(CCC(=O)NN)C(=O)Nc1ccc(F)c(C2(C)CC(=O)NC(N)=N2)c1. The Hall–Kier alpha value is -3.27. The summed E-state index contributed by atoms with van der Waals surface area (Å²) in [7, 11) is 0. The highest BCUT2D eigenvalue weighted by molar-refractivity contribution is 6.03. The molecule has 0 spiro atoms. The van der Waals surface area contributed by atoms with E-state index in [4.69, 9.17) is 11.6 Å². The van der Waals surface area contributed by atoms with E-state index in [1.807, 2.05) is 5.43 Å².